The summed E-state index contributed by atoms with van der Waals surface area (Å²) in [6.07, 6.45) is 17.4. The van der Waals surface area contributed by atoms with E-state index in [1.807, 2.05) is 0 Å². The topological polar surface area (TPSA) is 94.8 Å². The lowest BCUT2D eigenvalue weighted by Gasteiger charge is -2.27. The van der Waals surface area contributed by atoms with Crippen molar-refractivity contribution in [3.8, 4) is 0 Å². The summed E-state index contributed by atoms with van der Waals surface area (Å²) < 4.78 is 0. The number of unbranched alkanes of at least 4 members (excludes halogenated alkanes) is 15. The lowest BCUT2D eigenvalue weighted by atomic mass is 9.84. The second kappa shape index (κ2) is 19.7. The van der Waals surface area contributed by atoms with E-state index in [1.54, 1.807) is 0 Å². The maximum atomic E-state index is 12.6. The van der Waals surface area contributed by atoms with Gasteiger partial charge >= 0.3 is 5.97 Å². The van der Waals surface area contributed by atoms with Gasteiger partial charge in [-0.2, -0.15) is 0 Å². The number of rotatable bonds is 23. The van der Waals surface area contributed by atoms with Gasteiger partial charge in [-0.05, 0) is 12.8 Å². The van der Waals surface area contributed by atoms with Crippen LogP contribution in [0.4, 0.5) is 0 Å². The van der Waals surface area contributed by atoms with Crippen molar-refractivity contribution in [2.45, 2.75) is 154 Å². The van der Waals surface area contributed by atoms with Crippen LogP contribution >= 0.6 is 0 Å². The number of ketones is 1. The van der Waals surface area contributed by atoms with Crippen LogP contribution in [0.2, 0.25) is 0 Å². The van der Waals surface area contributed by atoms with Gasteiger partial charge in [-0.15, -0.1) is 0 Å². The third-order valence-corrected chi connectivity index (χ3v) is 6.23. The molecule has 0 radical (unpaired) electrons. The third kappa shape index (κ3) is 16.4. The standard InChI is InChI=1S/C26H50O5/c1-3-5-7-9-11-12-13-14-16-18-20-23(27)25(30)26(31,22-24(28)29)21-19-17-15-10-8-6-4-2/h23,27,31H,3-22H2,1-2H3,(H,28,29). The minimum atomic E-state index is -1.95. The molecular weight excluding hydrogens is 392 g/mol. The molecule has 2 atom stereocenters. The zero-order valence-electron chi connectivity index (χ0n) is 20.4. The van der Waals surface area contributed by atoms with Crippen molar-refractivity contribution in [2.75, 3.05) is 0 Å². The Hall–Kier alpha value is -0.940. The van der Waals surface area contributed by atoms with Crippen molar-refractivity contribution in [2.24, 2.45) is 0 Å². The van der Waals surface area contributed by atoms with E-state index >= 15 is 0 Å². The highest BCUT2D eigenvalue weighted by molar-refractivity contribution is 5.93. The normalized spacial score (nSPS) is 14.3. The second-order valence-corrected chi connectivity index (χ2v) is 9.32. The molecule has 0 bridgehead atoms. The van der Waals surface area contributed by atoms with Crippen LogP contribution in [0.25, 0.3) is 0 Å². The highest BCUT2D eigenvalue weighted by Gasteiger charge is 2.40. The number of Topliss-reactive ketones (excluding diaryl/α,β-unsaturated/α-hetero) is 1. The highest BCUT2D eigenvalue weighted by Crippen LogP contribution is 2.25. The van der Waals surface area contributed by atoms with E-state index < -0.39 is 29.9 Å². The van der Waals surface area contributed by atoms with E-state index in [0.29, 0.717) is 12.8 Å². The third-order valence-electron chi connectivity index (χ3n) is 6.23. The van der Waals surface area contributed by atoms with Gasteiger partial charge in [0.25, 0.3) is 0 Å². The predicted molar refractivity (Wildman–Crippen MR) is 127 cm³/mol. The SMILES string of the molecule is CCCCCCCCCCCCC(O)C(=O)C(O)(CCCCCCCCC)CC(=O)O. The largest absolute Gasteiger partial charge is 0.481 e. The maximum Gasteiger partial charge on any atom is 0.306 e. The zero-order chi connectivity index (χ0) is 23.4. The Morgan fingerprint density at radius 1 is 0.677 bits per heavy atom. The van der Waals surface area contributed by atoms with Gasteiger partial charge in [0.15, 0.2) is 5.78 Å². The summed E-state index contributed by atoms with van der Waals surface area (Å²) in [7, 11) is 0. The summed E-state index contributed by atoms with van der Waals surface area (Å²) in [5, 5.41) is 30.2. The molecular formula is C26H50O5. The van der Waals surface area contributed by atoms with Crippen LogP contribution in [0.15, 0.2) is 0 Å². The molecule has 0 aromatic rings. The monoisotopic (exact) mass is 442 g/mol. The van der Waals surface area contributed by atoms with E-state index in [-0.39, 0.29) is 6.42 Å². The van der Waals surface area contributed by atoms with Crippen LogP contribution in [0.3, 0.4) is 0 Å². The number of carbonyl (C=O) groups excluding carboxylic acids is 1. The van der Waals surface area contributed by atoms with Crippen LogP contribution in [-0.2, 0) is 9.59 Å². The van der Waals surface area contributed by atoms with Crippen LogP contribution in [0.1, 0.15) is 142 Å². The molecule has 0 saturated heterocycles. The Kier molecular flexibility index (Phi) is 19.1. The smallest absolute Gasteiger partial charge is 0.306 e. The number of hydrogen-bond donors (Lipinski definition) is 3. The number of aliphatic carboxylic acids is 1. The van der Waals surface area contributed by atoms with Crippen molar-refractivity contribution in [3.05, 3.63) is 0 Å². The highest BCUT2D eigenvalue weighted by atomic mass is 16.4. The van der Waals surface area contributed by atoms with Gasteiger partial charge in [0.05, 0.1) is 6.42 Å². The molecule has 0 amide bonds. The van der Waals surface area contributed by atoms with E-state index in [2.05, 4.69) is 13.8 Å². The quantitative estimate of drug-likeness (QED) is 0.155. The summed E-state index contributed by atoms with van der Waals surface area (Å²) in [6, 6.07) is 0. The summed E-state index contributed by atoms with van der Waals surface area (Å²) in [5.41, 5.74) is -1.95. The average molecular weight is 443 g/mol. The summed E-state index contributed by atoms with van der Waals surface area (Å²) in [5.74, 6) is -1.92. The molecule has 0 aliphatic rings. The predicted octanol–water partition coefficient (Wildman–Crippen LogP) is 6.57. The Labute approximate surface area is 191 Å². The van der Waals surface area contributed by atoms with Crippen LogP contribution in [0, 0.1) is 0 Å². The molecule has 0 aromatic carbocycles. The number of carbonyl (C=O) groups is 2. The lowest BCUT2D eigenvalue weighted by molar-refractivity contribution is -0.157. The van der Waals surface area contributed by atoms with E-state index in [0.717, 1.165) is 38.5 Å². The first kappa shape index (κ1) is 30.1. The van der Waals surface area contributed by atoms with Gasteiger partial charge in [-0.3, -0.25) is 9.59 Å². The van der Waals surface area contributed by atoms with Gasteiger partial charge in [0.2, 0.25) is 0 Å². The van der Waals surface area contributed by atoms with Crippen LogP contribution in [-0.4, -0.2) is 38.8 Å². The maximum absolute atomic E-state index is 12.6. The number of aliphatic hydroxyl groups is 2. The van der Waals surface area contributed by atoms with E-state index in [9.17, 15) is 19.8 Å². The van der Waals surface area contributed by atoms with Crippen molar-refractivity contribution in [1.82, 2.24) is 0 Å². The molecule has 5 nitrogen and oxygen atoms in total. The summed E-state index contributed by atoms with van der Waals surface area (Å²) >= 11 is 0. The Bertz CT molecular complexity index is 451. The molecule has 2 unspecified atom stereocenters. The molecule has 184 valence electrons. The van der Waals surface area contributed by atoms with E-state index in [4.69, 9.17) is 5.11 Å². The molecule has 0 fully saturated rings. The second-order valence-electron chi connectivity index (χ2n) is 9.32. The fourth-order valence-corrected chi connectivity index (χ4v) is 4.19. The number of carboxylic acids is 1. The first-order valence-electron chi connectivity index (χ1n) is 13.0. The first-order valence-corrected chi connectivity index (χ1v) is 13.0. The van der Waals surface area contributed by atoms with Gasteiger partial charge in [-0.25, -0.2) is 0 Å². The number of aliphatic hydroxyl groups excluding tert-OH is 1. The van der Waals surface area contributed by atoms with Crippen LogP contribution in [0.5, 0.6) is 0 Å². The molecule has 0 spiro atoms. The molecule has 0 aliphatic carbocycles. The Morgan fingerprint density at radius 2 is 1.06 bits per heavy atom. The van der Waals surface area contributed by atoms with Gasteiger partial charge < -0.3 is 15.3 Å². The molecule has 0 saturated carbocycles. The van der Waals surface area contributed by atoms with Gasteiger partial charge in [0, 0.05) is 0 Å². The lowest BCUT2D eigenvalue weighted by Crippen LogP contribution is -2.46. The van der Waals surface area contributed by atoms with Crippen LogP contribution < -0.4 is 0 Å². The van der Waals surface area contributed by atoms with E-state index in [1.165, 1.54) is 64.2 Å². The molecule has 3 N–H and O–H groups in total. The van der Waals surface area contributed by atoms with Gasteiger partial charge in [-0.1, -0.05) is 123 Å². The minimum Gasteiger partial charge on any atom is -0.481 e. The molecule has 0 aliphatic heterocycles. The molecule has 5 heteroatoms. The average Bonchev–Trinajstić information content (AvgIpc) is 2.73. The first-order chi connectivity index (χ1) is 14.9. The number of carboxylic acid groups (broad SMARTS) is 1. The van der Waals surface area contributed by atoms with Gasteiger partial charge in [0.1, 0.15) is 11.7 Å². The zero-order valence-corrected chi connectivity index (χ0v) is 20.4. The number of hydrogen-bond acceptors (Lipinski definition) is 4. The minimum absolute atomic E-state index is 0.112. The fraction of sp³-hybridized carbons (Fsp3) is 0.923. The van der Waals surface area contributed by atoms with Crippen molar-refractivity contribution in [1.29, 1.82) is 0 Å². The summed E-state index contributed by atoms with van der Waals surface area (Å²) in [6.45, 7) is 4.38. The fourth-order valence-electron chi connectivity index (χ4n) is 4.19. The molecule has 31 heavy (non-hydrogen) atoms. The Morgan fingerprint density at radius 3 is 1.48 bits per heavy atom. The summed E-state index contributed by atoms with van der Waals surface area (Å²) in [4.78, 5) is 23.8. The van der Waals surface area contributed by atoms with Crippen molar-refractivity contribution >= 4 is 11.8 Å². The Balaban J connectivity index is 4.16. The van der Waals surface area contributed by atoms with Crippen molar-refractivity contribution < 1.29 is 24.9 Å². The van der Waals surface area contributed by atoms with Crippen molar-refractivity contribution in [3.63, 3.8) is 0 Å². The molecule has 0 heterocycles. The molecule has 0 aromatic heterocycles. The molecule has 0 rings (SSSR count).